The lowest BCUT2D eigenvalue weighted by Crippen LogP contribution is -2.51. The fraction of sp³-hybridized carbons (Fsp3) is 0.300. The zero-order valence-electron chi connectivity index (χ0n) is 15.4. The second-order valence-electron chi connectivity index (χ2n) is 6.95. The van der Waals surface area contributed by atoms with Crippen molar-refractivity contribution in [1.82, 2.24) is 10.2 Å². The highest BCUT2D eigenvalue weighted by molar-refractivity contribution is 6.31. The number of rotatable bonds is 3. The van der Waals surface area contributed by atoms with Gasteiger partial charge in [-0.15, -0.1) is 0 Å². The summed E-state index contributed by atoms with van der Waals surface area (Å²) in [6.45, 7) is 0.201. The van der Waals surface area contributed by atoms with E-state index in [1.807, 2.05) is 0 Å². The van der Waals surface area contributed by atoms with E-state index in [0.717, 1.165) is 6.07 Å². The van der Waals surface area contributed by atoms with E-state index in [-0.39, 0.29) is 25.1 Å². The van der Waals surface area contributed by atoms with Crippen molar-refractivity contribution in [1.29, 1.82) is 0 Å². The molecule has 2 aromatic carbocycles. The van der Waals surface area contributed by atoms with Crippen LogP contribution in [0.3, 0.4) is 0 Å². The second-order valence-corrected chi connectivity index (χ2v) is 7.35. The van der Waals surface area contributed by atoms with Crippen molar-refractivity contribution in [3.8, 4) is 0 Å². The number of hydrogen-bond donors (Lipinski definition) is 2. The van der Waals surface area contributed by atoms with E-state index in [4.69, 9.17) is 11.6 Å². The van der Waals surface area contributed by atoms with Crippen LogP contribution < -0.4 is 5.32 Å². The number of carbonyl (C=O) groups excluding carboxylic acids is 1. The number of nitrogens with zero attached hydrogens (tertiary/aromatic N) is 1. The van der Waals surface area contributed by atoms with E-state index in [2.05, 4.69) is 5.32 Å². The van der Waals surface area contributed by atoms with E-state index >= 15 is 0 Å². The summed E-state index contributed by atoms with van der Waals surface area (Å²) >= 11 is 5.60. The third-order valence-corrected chi connectivity index (χ3v) is 5.36. The van der Waals surface area contributed by atoms with Gasteiger partial charge in [-0.05, 0) is 42.3 Å². The molecule has 1 saturated heterocycles. The lowest BCUT2D eigenvalue weighted by molar-refractivity contribution is -0.137. The average Bonchev–Trinajstić information content (AvgIpc) is 2.68. The number of piperidine rings is 1. The maximum Gasteiger partial charge on any atom is 0.417 e. The first-order valence-electron chi connectivity index (χ1n) is 8.97. The van der Waals surface area contributed by atoms with Crippen LogP contribution in [0.5, 0.6) is 0 Å². The van der Waals surface area contributed by atoms with Crippen LogP contribution >= 0.6 is 11.6 Å². The van der Waals surface area contributed by atoms with E-state index in [0.29, 0.717) is 11.6 Å². The average molecular weight is 445 g/mol. The van der Waals surface area contributed by atoms with Gasteiger partial charge in [0.1, 0.15) is 5.82 Å². The molecule has 0 radical (unpaired) electrons. The molecule has 5 nitrogen and oxygen atoms in total. The number of amides is 2. The molecule has 0 saturated carbocycles. The summed E-state index contributed by atoms with van der Waals surface area (Å²) in [6, 6.07) is 7.75. The minimum Gasteiger partial charge on any atom is -0.465 e. The quantitative estimate of drug-likeness (QED) is 0.670. The Bertz CT molecular complexity index is 950. The minimum absolute atomic E-state index is 0.0559. The summed E-state index contributed by atoms with van der Waals surface area (Å²) in [5, 5.41) is 11.5. The van der Waals surface area contributed by atoms with Crippen LogP contribution in [0.15, 0.2) is 42.5 Å². The Kier molecular flexibility index (Phi) is 6.21. The van der Waals surface area contributed by atoms with Gasteiger partial charge in [0.2, 0.25) is 0 Å². The minimum atomic E-state index is -4.71. The molecule has 1 heterocycles. The van der Waals surface area contributed by atoms with E-state index in [1.165, 1.54) is 35.2 Å². The lowest BCUT2D eigenvalue weighted by Gasteiger charge is -2.38. The molecule has 0 unspecified atom stereocenters. The monoisotopic (exact) mass is 444 g/mol. The summed E-state index contributed by atoms with van der Waals surface area (Å²) in [4.78, 5) is 25.2. The molecule has 10 heteroatoms. The van der Waals surface area contributed by atoms with E-state index in [1.54, 1.807) is 0 Å². The highest BCUT2D eigenvalue weighted by Gasteiger charge is 2.36. The Labute approximate surface area is 174 Å². The molecule has 1 aliphatic rings. The largest absolute Gasteiger partial charge is 0.465 e. The van der Waals surface area contributed by atoms with Crippen LogP contribution in [0.4, 0.5) is 22.4 Å². The molecule has 0 aliphatic carbocycles. The lowest BCUT2D eigenvalue weighted by atomic mass is 9.86. The highest BCUT2D eigenvalue weighted by Crippen LogP contribution is 2.35. The zero-order valence-corrected chi connectivity index (χ0v) is 16.2. The number of carbonyl (C=O) groups is 2. The number of likely N-dealkylation sites (tertiary alicyclic amines) is 1. The smallest absolute Gasteiger partial charge is 0.417 e. The van der Waals surface area contributed by atoms with Crippen LogP contribution in [0, 0.1) is 5.82 Å². The molecule has 1 fully saturated rings. The Hall–Kier alpha value is -2.81. The Balaban J connectivity index is 1.85. The fourth-order valence-corrected chi connectivity index (χ4v) is 3.71. The predicted molar refractivity (Wildman–Crippen MR) is 101 cm³/mol. The van der Waals surface area contributed by atoms with Crippen LogP contribution in [0.2, 0.25) is 5.02 Å². The van der Waals surface area contributed by atoms with Gasteiger partial charge in [0.15, 0.2) is 0 Å². The first kappa shape index (κ1) is 21.9. The van der Waals surface area contributed by atoms with E-state index in [9.17, 15) is 32.3 Å². The van der Waals surface area contributed by atoms with Gasteiger partial charge in [0.25, 0.3) is 5.91 Å². The second kappa shape index (κ2) is 8.51. The van der Waals surface area contributed by atoms with Crippen LogP contribution in [-0.2, 0) is 6.18 Å². The maximum absolute atomic E-state index is 13.3. The van der Waals surface area contributed by atoms with Crippen LogP contribution in [0.1, 0.15) is 33.8 Å². The molecule has 3 rings (SSSR count). The van der Waals surface area contributed by atoms with Gasteiger partial charge in [0, 0.05) is 30.6 Å². The predicted octanol–water partition coefficient (Wildman–Crippen LogP) is 4.76. The van der Waals surface area contributed by atoms with Crippen molar-refractivity contribution < 1.29 is 32.3 Å². The molecule has 2 N–H and O–H groups in total. The van der Waals surface area contributed by atoms with Gasteiger partial charge >= 0.3 is 12.3 Å². The molecule has 2 amide bonds. The molecule has 0 spiro atoms. The molecule has 160 valence electrons. The van der Waals surface area contributed by atoms with Gasteiger partial charge in [0.05, 0.1) is 10.6 Å². The number of benzene rings is 2. The zero-order chi connectivity index (χ0) is 22.1. The summed E-state index contributed by atoms with van der Waals surface area (Å²) in [6.07, 6.45) is -5.59. The van der Waals surface area contributed by atoms with Gasteiger partial charge in [-0.25, -0.2) is 9.18 Å². The van der Waals surface area contributed by atoms with Crippen LogP contribution in [0.25, 0.3) is 0 Å². The summed E-state index contributed by atoms with van der Waals surface area (Å²) in [7, 11) is 0. The first-order valence-corrected chi connectivity index (χ1v) is 9.35. The van der Waals surface area contributed by atoms with Gasteiger partial charge in [-0.2, -0.15) is 13.2 Å². The fourth-order valence-electron chi connectivity index (χ4n) is 3.48. The molecular weight excluding hydrogens is 428 g/mol. The third-order valence-electron chi connectivity index (χ3n) is 5.03. The van der Waals surface area contributed by atoms with Crippen molar-refractivity contribution in [2.24, 2.45) is 0 Å². The van der Waals surface area contributed by atoms with Crippen LogP contribution in [-0.4, -0.2) is 41.1 Å². The van der Waals surface area contributed by atoms with Gasteiger partial charge < -0.3 is 15.3 Å². The normalized spacial score (nSPS) is 19.4. The topological polar surface area (TPSA) is 69.6 Å². The molecule has 1 aliphatic heterocycles. The summed E-state index contributed by atoms with van der Waals surface area (Å²) in [5.74, 6) is -1.70. The molecule has 2 aromatic rings. The maximum atomic E-state index is 13.3. The number of hydrogen-bond acceptors (Lipinski definition) is 2. The van der Waals surface area contributed by atoms with Gasteiger partial charge in [-0.1, -0.05) is 23.7 Å². The SMILES string of the molecule is O=C(N[C@@H]1CCN(C(=O)O)C[C@H]1c1ccc(F)cc1)c1ccc(Cl)c(C(F)(F)F)c1. The van der Waals surface area contributed by atoms with Crippen molar-refractivity contribution in [3.05, 3.63) is 70.0 Å². The Morgan fingerprint density at radius 1 is 1.13 bits per heavy atom. The molecular formula is C20H17ClF4N2O3. The molecule has 0 aromatic heterocycles. The Morgan fingerprint density at radius 3 is 2.40 bits per heavy atom. The third kappa shape index (κ3) is 4.84. The molecule has 30 heavy (non-hydrogen) atoms. The van der Waals surface area contributed by atoms with Crippen molar-refractivity contribution >= 4 is 23.6 Å². The number of nitrogens with one attached hydrogen (secondary N) is 1. The van der Waals surface area contributed by atoms with Gasteiger partial charge in [-0.3, -0.25) is 4.79 Å². The van der Waals surface area contributed by atoms with E-state index < -0.39 is 46.5 Å². The summed E-state index contributed by atoms with van der Waals surface area (Å²) < 4.78 is 52.5. The number of halogens is 5. The van der Waals surface area contributed by atoms with Crippen molar-refractivity contribution in [3.63, 3.8) is 0 Å². The van der Waals surface area contributed by atoms with Crippen molar-refractivity contribution in [2.45, 2.75) is 24.6 Å². The van der Waals surface area contributed by atoms with Crippen molar-refractivity contribution in [2.75, 3.05) is 13.1 Å². The number of alkyl halides is 3. The Morgan fingerprint density at radius 2 is 1.80 bits per heavy atom. The summed E-state index contributed by atoms with van der Waals surface area (Å²) in [5.41, 5.74) is -0.724. The molecule has 0 bridgehead atoms. The standard InChI is InChI=1S/C20H17ClF4N2O3/c21-16-6-3-12(9-15(16)20(23,24)25)18(28)26-17-7-8-27(19(29)30)10-14(17)11-1-4-13(22)5-2-11/h1-6,9,14,17H,7-8,10H2,(H,26,28)(H,29,30)/t14-,17+/m0/s1. The number of carboxylic acid groups (broad SMARTS) is 1. The first-order chi connectivity index (χ1) is 14.1. The molecule has 2 atom stereocenters. The highest BCUT2D eigenvalue weighted by atomic mass is 35.5.